The monoisotopic (exact) mass is 338 g/mol. The van der Waals surface area contributed by atoms with Crippen LogP contribution in [0.2, 0.25) is 0 Å². The lowest BCUT2D eigenvalue weighted by Crippen LogP contribution is -1.97. The van der Waals surface area contributed by atoms with Crippen molar-refractivity contribution in [1.82, 2.24) is 10.2 Å². The van der Waals surface area contributed by atoms with Crippen molar-refractivity contribution >= 4 is 21.9 Å². The molecule has 0 radical (unpaired) electrons. The number of aromatic amines is 1. The molecule has 0 atom stereocenters. The number of hydrogen-bond acceptors (Lipinski definition) is 4. The van der Waals surface area contributed by atoms with Crippen molar-refractivity contribution in [1.29, 1.82) is 0 Å². The second-order valence-corrected chi connectivity index (χ2v) is 5.16. The van der Waals surface area contributed by atoms with E-state index in [1.807, 2.05) is 6.07 Å². The highest BCUT2D eigenvalue weighted by atomic mass is 79.9. The number of hydrogen-bond donors (Lipinski definition) is 2. The summed E-state index contributed by atoms with van der Waals surface area (Å²) >= 11 is 3.44. The van der Waals surface area contributed by atoms with Crippen LogP contribution in [0.15, 0.2) is 22.7 Å². The van der Waals surface area contributed by atoms with Gasteiger partial charge in [-0.05, 0) is 34.1 Å². The number of aromatic nitrogens is 2. The number of nitrogens with one attached hydrogen (secondary N) is 1. The third-order valence-corrected chi connectivity index (χ3v) is 3.50. The molecule has 2 heterocycles. The Hall–Kier alpha value is -2.02. The van der Waals surface area contributed by atoms with Crippen molar-refractivity contribution in [2.45, 2.75) is 6.42 Å². The van der Waals surface area contributed by atoms with E-state index in [0.29, 0.717) is 30.4 Å². The quantitative estimate of drug-likeness (QED) is 0.879. The lowest BCUT2D eigenvalue weighted by molar-refractivity contribution is 0.0690. The summed E-state index contributed by atoms with van der Waals surface area (Å²) in [5, 5.41) is 15.4. The van der Waals surface area contributed by atoms with Crippen LogP contribution in [-0.4, -0.2) is 34.5 Å². The fourth-order valence-corrected chi connectivity index (χ4v) is 2.51. The second-order valence-electron chi connectivity index (χ2n) is 4.31. The average molecular weight is 339 g/mol. The minimum atomic E-state index is -1.04. The van der Waals surface area contributed by atoms with E-state index in [4.69, 9.17) is 14.6 Å². The van der Waals surface area contributed by atoms with Crippen LogP contribution < -0.4 is 9.47 Å². The number of ether oxygens (including phenoxy) is 2. The molecule has 0 fully saturated rings. The highest BCUT2D eigenvalue weighted by Gasteiger charge is 2.17. The zero-order valence-corrected chi connectivity index (χ0v) is 11.9. The summed E-state index contributed by atoms with van der Waals surface area (Å²) in [6.45, 7) is 1.19. The van der Waals surface area contributed by atoms with E-state index in [2.05, 4.69) is 26.1 Å². The molecule has 1 aromatic carbocycles. The number of rotatable bonds is 2. The van der Waals surface area contributed by atoms with Gasteiger partial charge in [-0.2, -0.15) is 5.10 Å². The average Bonchev–Trinajstić information content (AvgIpc) is 2.79. The van der Waals surface area contributed by atoms with Crippen LogP contribution in [0, 0.1) is 0 Å². The molecule has 7 heteroatoms. The van der Waals surface area contributed by atoms with Gasteiger partial charge in [0.1, 0.15) is 5.69 Å². The number of carboxylic acids is 1. The number of halogens is 1. The van der Waals surface area contributed by atoms with E-state index in [1.165, 1.54) is 6.07 Å². The van der Waals surface area contributed by atoms with Crippen molar-refractivity contribution in [3.05, 3.63) is 28.4 Å². The maximum atomic E-state index is 10.9. The fourth-order valence-electron chi connectivity index (χ4n) is 1.96. The number of aromatic carboxylic acids is 1. The van der Waals surface area contributed by atoms with Crippen LogP contribution in [0.5, 0.6) is 11.5 Å². The molecule has 0 bridgehead atoms. The zero-order valence-electron chi connectivity index (χ0n) is 10.4. The van der Waals surface area contributed by atoms with Crippen molar-refractivity contribution in [2.24, 2.45) is 0 Å². The summed E-state index contributed by atoms with van der Waals surface area (Å²) < 4.78 is 12.0. The lowest BCUT2D eigenvalue weighted by Gasteiger charge is -2.10. The van der Waals surface area contributed by atoms with Gasteiger partial charge in [0.05, 0.1) is 23.4 Å². The zero-order chi connectivity index (χ0) is 14.1. The summed E-state index contributed by atoms with van der Waals surface area (Å²) in [6.07, 6.45) is 0.821. The first-order valence-corrected chi connectivity index (χ1v) is 6.82. The Morgan fingerprint density at radius 2 is 2.10 bits per heavy atom. The van der Waals surface area contributed by atoms with Gasteiger partial charge in [-0.3, -0.25) is 5.10 Å². The number of carboxylic acid groups (broad SMARTS) is 1. The van der Waals surface area contributed by atoms with Crippen molar-refractivity contribution in [2.75, 3.05) is 13.2 Å². The van der Waals surface area contributed by atoms with Crippen LogP contribution >= 0.6 is 15.9 Å². The summed E-state index contributed by atoms with van der Waals surface area (Å²) in [5.41, 5.74) is 1.34. The normalized spacial score (nSPS) is 13.8. The predicted octanol–water partition coefficient (Wildman–Crippen LogP) is 2.70. The van der Waals surface area contributed by atoms with E-state index in [9.17, 15) is 4.79 Å². The molecular weight excluding hydrogens is 328 g/mol. The maximum Gasteiger partial charge on any atom is 0.353 e. The molecule has 6 nitrogen and oxygen atoms in total. The molecule has 3 rings (SSSR count). The van der Waals surface area contributed by atoms with Gasteiger partial charge in [-0.1, -0.05) is 0 Å². The molecule has 0 aliphatic carbocycles. The second kappa shape index (κ2) is 5.16. The molecule has 0 saturated carbocycles. The Bertz CT molecular complexity index is 668. The van der Waals surface area contributed by atoms with E-state index in [1.54, 1.807) is 6.07 Å². The number of carbonyl (C=O) groups is 1. The van der Waals surface area contributed by atoms with E-state index in [-0.39, 0.29) is 5.69 Å². The fraction of sp³-hybridized carbons (Fsp3) is 0.231. The van der Waals surface area contributed by atoms with Gasteiger partial charge in [0.25, 0.3) is 0 Å². The number of nitrogens with zero attached hydrogens (tertiary/aromatic N) is 1. The summed E-state index contributed by atoms with van der Waals surface area (Å²) in [4.78, 5) is 10.9. The highest BCUT2D eigenvalue weighted by molar-refractivity contribution is 9.10. The topological polar surface area (TPSA) is 84.4 Å². The minimum Gasteiger partial charge on any atom is -0.489 e. The minimum absolute atomic E-state index is 0.0447. The van der Waals surface area contributed by atoms with E-state index < -0.39 is 5.97 Å². The van der Waals surface area contributed by atoms with Crippen molar-refractivity contribution < 1.29 is 19.4 Å². The van der Waals surface area contributed by atoms with E-state index >= 15 is 0 Å². The number of fused-ring (bicyclic) bond motifs is 1. The lowest BCUT2D eigenvalue weighted by atomic mass is 10.1. The van der Waals surface area contributed by atoms with Gasteiger partial charge in [0.2, 0.25) is 0 Å². The third-order valence-electron chi connectivity index (χ3n) is 2.91. The van der Waals surface area contributed by atoms with Crippen LogP contribution in [0.1, 0.15) is 16.9 Å². The smallest absolute Gasteiger partial charge is 0.353 e. The Balaban J connectivity index is 2.03. The largest absolute Gasteiger partial charge is 0.489 e. The highest BCUT2D eigenvalue weighted by Crippen LogP contribution is 2.40. The van der Waals surface area contributed by atoms with Gasteiger partial charge in [0, 0.05) is 12.0 Å². The molecule has 0 amide bonds. The summed E-state index contributed by atoms with van der Waals surface area (Å²) in [5.74, 6) is 0.254. The van der Waals surface area contributed by atoms with Gasteiger partial charge in [-0.15, -0.1) is 0 Å². The Labute approximate surface area is 122 Å². The molecule has 0 spiro atoms. The Morgan fingerprint density at radius 1 is 1.30 bits per heavy atom. The van der Waals surface area contributed by atoms with Crippen LogP contribution in [0.25, 0.3) is 11.3 Å². The molecule has 20 heavy (non-hydrogen) atoms. The van der Waals surface area contributed by atoms with Crippen LogP contribution in [0.4, 0.5) is 0 Å². The van der Waals surface area contributed by atoms with E-state index in [0.717, 1.165) is 16.5 Å². The number of H-pyrrole nitrogens is 1. The summed E-state index contributed by atoms with van der Waals surface area (Å²) in [6, 6.07) is 5.11. The van der Waals surface area contributed by atoms with Gasteiger partial charge in [-0.25, -0.2) is 4.79 Å². The summed E-state index contributed by atoms with van der Waals surface area (Å²) in [7, 11) is 0. The first-order valence-electron chi connectivity index (χ1n) is 6.03. The number of benzene rings is 1. The molecule has 0 unspecified atom stereocenters. The first-order chi connectivity index (χ1) is 9.65. The molecule has 1 aliphatic heterocycles. The standard InChI is InChI=1S/C13H11BrN2O4/c14-8-4-7(9-6-10(13(17)18)16-15-9)5-11-12(8)20-3-1-2-19-11/h4-6H,1-3H2,(H,15,16)(H,17,18). The van der Waals surface area contributed by atoms with Gasteiger partial charge >= 0.3 is 5.97 Å². The molecule has 1 aliphatic rings. The maximum absolute atomic E-state index is 10.9. The van der Waals surface area contributed by atoms with Crippen molar-refractivity contribution in [3.8, 4) is 22.8 Å². The third kappa shape index (κ3) is 2.36. The molecule has 0 saturated heterocycles. The Morgan fingerprint density at radius 3 is 2.85 bits per heavy atom. The molecule has 2 N–H and O–H groups in total. The molecular formula is C13H11BrN2O4. The molecule has 1 aromatic heterocycles. The van der Waals surface area contributed by atoms with Crippen LogP contribution in [0.3, 0.4) is 0 Å². The SMILES string of the molecule is O=C(O)c1cc(-c2cc(Br)c3c(c2)OCCCO3)n[nH]1. The van der Waals surface area contributed by atoms with Crippen LogP contribution in [-0.2, 0) is 0 Å². The first kappa shape index (κ1) is 13.0. The Kier molecular flexibility index (Phi) is 3.35. The molecule has 2 aromatic rings. The van der Waals surface area contributed by atoms with Crippen molar-refractivity contribution in [3.63, 3.8) is 0 Å². The molecule has 104 valence electrons. The van der Waals surface area contributed by atoms with Gasteiger partial charge in [0.15, 0.2) is 11.5 Å². The van der Waals surface area contributed by atoms with Gasteiger partial charge < -0.3 is 14.6 Å². The predicted molar refractivity (Wildman–Crippen MR) is 74.3 cm³/mol.